The molecule has 68 valence electrons. The molecule has 2 aromatic rings. The van der Waals surface area contributed by atoms with Gasteiger partial charge in [-0.05, 0) is 33.4 Å². The quantitative estimate of drug-likeness (QED) is 0.760. The van der Waals surface area contributed by atoms with Crippen LogP contribution in [0.15, 0.2) is 26.2 Å². The van der Waals surface area contributed by atoms with E-state index in [4.69, 9.17) is 5.73 Å². The third kappa shape index (κ3) is 1.79. The van der Waals surface area contributed by atoms with Gasteiger partial charge in [0.2, 0.25) is 0 Å². The van der Waals surface area contributed by atoms with E-state index >= 15 is 0 Å². The lowest BCUT2D eigenvalue weighted by Gasteiger charge is -1.95. The highest BCUT2D eigenvalue weighted by Crippen LogP contribution is 2.42. The fourth-order valence-electron chi connectivity index (χ4n) is 1.02. The molecule has 0 amide bonds. The van der Waals surface area contributed by atoms with E-state index in [9.17, 15) is 0 Å². The van der Waals surface area contributed by atoms with Gasteiger partial charge in [0.05, 0.1) is 19.2 Å². The Morgan fingerprint density at radius 3 is 2.62 bits per heavy atom. The molecule has 1 nitrogen and oxygen atoms in total. The fraction of sp³-hybridized carbons (Fsp3) is 0. The Labute approximate surface area is 98.1 Å². The van der Waals surface area contributed by atoms with Crippen molar-refractivity contribution in [3.05, 3.63) is 21.3 Å². The molecule has 0 aliphatic rings. The van der Waals surface area contributed by atoms with Gasteiger partial charge >= 0.3 is 0 Å². The number of rotatable bonds is 1. The molecule has 0 unspecified atom stereocenters. The molecule has 0 bridgehead atoms. The lowest BCUT2D eigenvalue weighted by Crippen LogP contribution is -1.81. The van der Waals surface area contributed by atoms with Crippen LogP contribution in [-0.4, -0.2) is 0 Å². The van der Waals surface area contributed by atoms with Crippen LogP contribution >= 0.6 is 51.2 Å². The SMILES string of the molecule is Nc1cc(Br)sc1-c1sccc1S. The average molecular weight is 292 g/mol. The van der Waals surface area contributed by atoms with Crippen LogP contribution in [0, 0.1) is 0 Å². The van der Waals surface area contributed by atoms with E-state index in [0.717, 1.165) is 24.1 Å². The van der Waals surface area contributed by atoms with E-state index < -0.39 is 0 Å². The second-order valence-corrected chi connectivity index (χ2v) is 6.30. The summed E-state index contributed by atoms with van der Waals surface area (Å²) in [6.07, 6.45) is 0. The van der Waals surface area contributed by atoms with Crippen molar-refractivity contribution in [2.75, 3.05) is 5.73 Å². The largest absolute Gasteiger partial charge is 0.397 e. The number of nitrogens with two attached hydrogens (primary N) is 1. The molecule has 2 N–H and O–H groups in total. The van der Waals surface area contributed by atoms with Crippen LogP contribution in [0.3, 0.4) is 0 Å². The lowest BCUT2D eigenvalue weighted by atomic mass is 10.3. The van der Waals surface area contributed by atoms with Crippen molar-refractivity contribution in [2.24, 2.45) is 0 Å². The van der Waals surface area contributed by atoms with E-state index in [1.54, 1.807) is 22.7 Å². The van der Waals surface area contributed by atoms with Crippen molar-refractivity contribution < 1.29 is 0 Å². The average Bonchev–Trinajstić information content (AvgIpc) is 2.58. The Morgan fingerprint density at radius 1 is 1.38 bits per heavy atom. The van der Waals surface area contributed by atoms with Gasteiger partial charge in [0.15, 0.2) is 0 Å². The van der Waals surface area contributed by atoms with Crippen molar-refractivity contribution in [1.29, 1.82) is 0 Å². The monoisotopic (exact) mass is 291 g/mol. The topological polar surface area (TPSA) is 26.0 Å². The van der Waals surface area contributed by atoms with Gasteiger partial charge in [0.25, 0.3) is 0 Å². The van der Waals surface area contributed by atoms with Crippen LogP contribution in [-0.2, 0) is 0 Å². The van der Waals surface area contributed by atoms with Crippen molar-refractivity contribution in [3.63, 3.8) is 0 Å². The molecule has 5 heteroatoms. The Bertz CT molecular complexity index is 432. The highest BCUT2D eigenvalue weighted by molar-refractivity contribution is 9.11. The summed E-state index contributed by atoms with van der Waals surface area (Å²) in [5, 5.41) is 2.02. The maximum Gasteiger partial charge on any atom is 0.0726 e. The first kappa shape index (κ1) is 9.58. The minimum absolute atomic E-state index is 0.814. The minimum Gasteiger partial charge on any atom is -0.397 e. The molecule has 2 aromatic heterocycles. The van der Waals surface area contributed by atoms with Gasteiger partial charge in [-0.3, -0.25) is 0 Å². The van der Waals surface area contributed by atoms with Crippen molar-refractivity contribution in [3.8, 4) is 9.75 Å². The maximum atomic E-state index is 5.85. The summed E-state index contributed by atoms with van der Waals surface area (Å²) in [7, 11) is 0. The summed E-state index contributed by atoms with van der Waals surface area (Å²) >= 11 is 11.1. The molecule has 2 rings (SSSR count). The smallest absolute Gasteiger partial charge is 0.0726 e. The lowest BCUT2D eigenvalue weighted by molar-refractivity contribution is 1.61. The second-order valence-electron chi connectivity index (χ2n) is 2.47. The molecule has 0 fully saturated rings. The van der Waals surface area contributed by atoms with E-state index in [1.807, 2.05) is 17.5 Å². The molecular formula is C8H6BrNS3. The number of halogens is 1. The maximum absolute atomic E-state index is 5.85. The molecule has 0 saturated carbocycles. The minimum atomic E-state index is 0.814. The van der Waals surface area contributed by atoms with Gasteiger partial charge in [-0.1, -0.05) is 0 Å². The van der Waals surface area contributed by atoms with Gasteiger partial charge in [-0.2, -0.15) is 0 Å². The fourth-order valence-corrected chi connectivity index (χ4v) is 4.06. The summed E-state index contributed by atoms with van der Waals surface area (Å²) in [6.45, 7) is 0. The first-order valence-electron chi connectivity index (χ1n) is 3.50. The summed E-state index contributed by atoms with van der Waals surface area (Å²) in [4.78, 5) is 3.24. The van der Waals surface area contributed by atoms with Crippen molar-refractivity contribution >= 4 is 56.9 Å². The summed E-state index contributed by atoms with van der Waals surface area (Å²) < 4.78 is 1.06. The van der Waals surface area contributed by atoms with E-state index in [2.05, 4.69) is 28.6 Å². The van der Waals surface area contributed by atoms with Crippen molar-refractivity contribution in [1.82, 2.24) is 0 Å². The number of hydrogen-bond acceptors (Lipinski definition) is 4. The summed E-state index contributed by atoms with van der Waals surface area (Å²) in [5.74, 6) is 0. The Kier molecular flexibility index (Phi) is 2.69. The Balaban J connectivity index is 2.58. The molecule has 0 radical (unpaired) electrons. The Hall–Kier alpha value is 0.0300. The first-order chi connectivity index (χ1) is 6.18. The van der Waals surface area contributed by atoms with Gasteiger partial charge in [-0.25, -0.2) is 0 Å². The molecule has 0 aliphatic carbocycles. The summed E-state index contributed by atoms with van der Waals surface area (Å²) in [6, 6.07) is 3.91. The predicted octanol–water partition coefficient (Wildman–Crippen LogP) is 4.11. The predicted molar refractivity (Wildman–Crippen MR) is 67.0 cm³/mol. The van der Waals surface area contributed by atoms with Crippen LogP contribution in [0.4, 0.5) is 5.69 Å². The third-order valence-corrected chi connectivity index (χ3v) is 4.84. The molecule has 0 aromatic carbocycles. The van der Waals surface area contributed by atoms with Crippen LogP contribution in [0.2, 0.25) is 0 Å². The molecule has 13 heavy (non-hydrogen) atoms. The van der Waals surface area contributed by atoms with E-state index in [-0.39, 0.29) is 0 Å². The van der Waals surface area contributed by atoms with Crippen LogP contribution in [0.25, 0.3) is 9.75 Å². The van der Waals surface area contributed by atoms with Gasteiger partial charge in [-0.15, -0.1) is 35.3 Å². The first-order valence-corrected chi connectivity index (χ1v) is 6.44. The second kappa shape index (κ2) is 3.65. The zero-order chi connectivity index (χ0) is 9.42. The molecule has 0 atom stereocenters. The summed E-state index contributed by atoms with van der Waals surface area (Å²) in [5.41, 5.74) is 6.67. The number of hydrogen-bond donors (Lipinski definition) is 2. The normalized spacial score (nSPS) is 10.6. The number of thiophene rings is 2. The van der Waals surface area contributed by atoms with Crippen LogP contribution in [0.5, 0.6) is 0 Å². The zero-order valence-corrected chi connectivity index (χ0v) is 10.6. The van der Waals surface area contributed by atoms with Gasteiger partial charge in [0, 0.05) is 4.90 Å². The number of anilines is 1. The zero-order valence-electron chi connectivity index (χ0n) is 6.45. The van der Waals surface area contributed by atoms with Crippen molar-refractivity contribution in [2.45, 2.75) is 4.90 Å². The van der Waals surface area contributed by atoms with E-state index in [0.29, 0.717) is 0 Å². The molecule has 0 spiro atoms. The van der Waals surface area contributed by atoms with E-state index in [1.165, 1.54) is 0 Å². The highest BCUT2D eigenvalue weighted by atomic mass is 79.9. The molecule has 0 saturated heterocycles. The van der Waals surface area contributed by atoms with Crippen LogP contribution in [0.1, 0.15) is 0 Å². The Morgan fingerprint density at radius 2 is 2.15 bits per heavy atom. The number of nitrogen functional groups attached to an aromatic ring is 1. The molecular weight excluding hydrogens is 286 g/mol. The molecule has 0 aliphatic heterocycles. The standard InChI is InChI=1S/C8H6BrNS3/c9-6-3-4(10)7(13-6)8-5(11)1-2-12-8/h1-3,11H,10H2. The van der Waals surface area contributed by atoms with Crippen LogP contribution < -0.4 is 5.73 Å². The van der Waals surface area contributed by atoms with Gasteiger partial charge in [0.1, 0.15) is 0 Å². The highest BCUT2D eigenvalue weighted by Gasteiger charge is 2.10. The number of thiol groups is 1. The molecule has 2 heterocycles. The van der Waals surface area contributed by atoms with Gasteiger partial charge < -0.3 is 5.73 Å². The third-order valence-electron chi connectivity index (χ3n) is 1.58.